The topological polar surface area (TPSA) is 17.1 Å². The van der Waals surface area contributed by atoms with Crippen molar-refractivity contribution < 1.29 is 13.6 Å². The molecule has 0 aliphatic rings. The first-order valence-electron chi connectivity index (χ1n) is 5.70. The number of rotatable bonds is 3. The minimum atomic E-state index is -0.442. The Morgan fingerprint density at radius 2 is 1.89 bits per heavy atom. The van der Waals surface area contributed by atoms with Gasteiger partial charge < -0.3 is 0 Å². The third-order valence-electron chi connectivity index (χ3n) is 2.84. The Kier molecular flexibility index (Phi) is 3.96. The molecule has 2 aromatic rings. The van der Waals surface area contributed by atoms with Gasteiger partial charge in [-0.2, -0.15) is 0 Å². The maximum atomic E-state index is 13.1. The molecule has 2 aromatic carbocycles. The molecule has 0 heterocycles. The van der Waals surface area contributed by atoms with Gasteiger partial charge in [0.25, 0.3) is 0 Å². The predicted octanol–water partition coefficient (Wildman–Crippen LogP) is 4.35. The highest BCUT2D eigenvalue weighted by Crippen LogP contribution is 2.20. The Morgan fingerprint density at radius 1 is 1.16 bits per heavy atom. The monoisotopic (exact) mass is 280 g/mol. The fourth-order valence-corrected chi connectivity index (χ4v) is 1.96. The van der Waals surface area contributed by atoms with Crippen LogP contribution in [0.3, 0.4) is 0 Å². The van der Waals surface area contributed by atoms with Gasteiger partial charge in [0.15, 0.2) is 5.78 Å². The van der Waals surface area contributed by atoms with Crippen LogP contribution in [0.5, 0.6) is 0 Å². The molecule has 0 amide bonds. The third kappa shape index (κ3) is 3.18. The number of benzene rings is 2. The summed E-state index contributed by atoms with van der Waals surface area (Å²) in [6, 6.07) is 8.02. The quantitative estimate of drug-likeness (QED) is 0.764. The molecule has 4 heteroatoms. The van der Waals surface area contributed by atoms with E-state index in [4.69, 9.17) is 11.6 Å². The van der Waals surface area contributed by atoms with Crippen molar-refractivity contribution >= 4 is 17.4 Å². The standard InChI is InChI=1S/C15H11ClF2O/c1-9-6-10(2-5-14(9)18)15(19)8-11-7-12(17)3-4-13(11)16/h2-7H,8H2,1H3. The minimum Gasteiger partial charge on any atom is -0.294 e. The van der Waals surface area contributed by atoms with Crippen molar-refractivity contribution in [1.82, 2.24) is 0 Å². The number of Topliss-reactive ketones (excluding diaryl/α,β-unsaturated/α-hetero) is 1. The summed E-state index contributed by atoms with van der Waals surface area (Å²) in [5, 5.41) is 0.341. The van der Waals surface area contributed by atoms with Gasteiger partial charge in [-0.05, 0) is 54.4 Å². The molecule has 0 atom stereocenters. The second-order valence-corrected chi connectivity index (χ2v) is 4.71. The maximum Gasteiger partial charge on any atom is 0.167 e. The Balaban J connectivity index is 2.25. The van der Waals surface area contributed by atoms with E-state index in [2.05, 4.69) is 0 Å². The van der Waals surface area contributed by atoms with Gasteiger partial charge in [-0.15, -0.1) is 0 Å². The molecule has 0 spiro atoms. The molecule has 0 unspecified atom stereocenters. The molecule has 98 valence electrons. The number of carbonyl (C=O) groups excluding carboxylic acids is 1. The average molecular weight is 281 g/mol. The molecule has 0 fully saturated rings. The lowest BCUT2D eigenvalue weighted by Crippen LogP contribution is -2.05. The fraction of sp³-hybridized carbons (Fsp3) is 0.133. The molecule has 2 rings (SSSR count). The Labute approximate surface area is 114 Å². The zero-order chi connectivity index (χ0) is 14.0. The van der Waals surface area contributed by atoms with Gasteiger partial charge in [0.1, 0.15) is 11.6 Å². The number of hydrogen-bond acceptors (Lipinski definition) is 1. The Bertz CT molecular complexity index is 638. The van der Waals surface area contributed by atoms with E-state index >= 15 is 0 Å². The molecule has 0 aliphatic carbocycles. The second-order valence-electron chi connectivity index (χ2n) is 4.30. The van der Waals surface area contributed by atoms with Crippen molar-refractivity contribution in [3.8, 4) is 0 Å². The van der Waals surface area contributed by atoms with Crippen LogP contribution in [0.4, 0.5) is 8.78 Å². The maximum absolute atomic E-state index is 13.1. The SMILES string of the molecule is Cc1cc(C(=O)Cc2cc(F)ccc2Cl)ccc1F. The van der Waals surface area contributed by atoms with Crippen molar-refractivity contribution in [2.45, 2.75) is 13.3 Å². The molecule has 0 aliphatic heterocycles. The van der Waals surface area contributed by atoms with Crippen LogP contribution >= 0.6 is 11.6 Å². The Hall–Kier alpha value is -1.74. The van der Waals surface area contributed by atoms with Crippen LogP contribution in [-0.4, -0.2) is 5.78 Å². The summed E-state index contributed by atoms with van der Waals surface area (Å²) in [5.74, 6) is -1.03. The number of hydrogen-bond donors (Lipinski definition) is 0. The molecule has 0 N–H and O–H groups in total. The van der Waals surface area contributed by atoms with Crippen LogP contribution in [0, 0.1) is 18.6 Å². The average Bonchev–Trinajstić information content (AvgIpc) is 2.37. The lowest BCUT2D eigenvalue weighted by molar-refractivity contribution is 0.0993. The van der Waals surface area contributed by atoms with E-state index in [0.717, 1.165) is 0 Å². The van der Waals surface area contributed by atoms with Crippen LogP contribution in [0.15, 0.2) is 36.4 Å². The van der Waals surface area contributed by atoms with Crippen LogP contribution < -0.4 is 0 Å². The van der Waals surface area contributed by atoms with E-state index in [1.54, 1.807) is 6.92 Å². The summed E-state index contributed by atoms with van der Waals surface area (Å²) in [5.41, 5.74) is 1.21. The first kappa shape index (κ1) is 13.7. The molecule has 0 aromatic heterocycles. The zero-order valence-electron chi connectivity index (χ0n) is 10.2. The first-order chi connectivity index (χ1) is 8.97. The first-order valence-corrected chi connectivity index (χ1v) is 6.08. The molecule has 0 saturated heterocycles. The number of carbonyl (C=O) groups is 1. The summed E-state index contributed by atoms with van der Waals surface area (Å²) in [7, 11) is 0. The van der Waals surface area contributed by atoms with Crippen LogP contribution in [0.2, 0.25) is 5.02 Å². The number of ketones is 1. The smallest absolute Gasteiger partial charge is 0.167 e. The fourth-order valence-electron chi connectivity index (χ4n) is 1.77. The highest BCUT2D eigenvalue weighted by molar-refractivity contribution is 6.31. The van der Waals surface area contributed by atoms with Gasteiger partial charge in [-0.25, -0.2) is 8.78 Å². The normalized spacial score (nSPS) is 10.5. The van der Waals surface area contributed by atoms with Crippen molar-refractivity contribution in [2.75, 3.05) is 0 Å². The lowest BCUT2D eigenvalue weighted by Gasteiger charge is -2.05. The zero-order valence-corrected chi connectivity index (χ0v) is 11.0. The van der Waals surface area contributed by atoms with Gasteiger partial charge in [0, 0.05) is 17.0 Å². The van der Waals surface area contributed by atoms with E-state index in [-0.39, 0.29) is 18.0 Å². The summed E-state index contributed by atoms with van der Waals surface area (Å²) >= 11 is 5.91. The van der Waals surface area contributed by atoms with Crippen molar-refractivity contribution in [3.05, 3.63) is 69.7 Å². The summed E-state index contributed by atoms with van der Waals surface area (Å²) in [4.78, 5) is 12.0. The largest absolute Gasteiger partial charge is 0.294 e. The molecule has 0 bridgehead atoms. The van der Waals surface area contributed by atoms with Crippen molar-refractivity contribution in [3.63, 3.8) is 0 Å². The lowest BCUT2D eigenvalue weighted by atomic mass is 10.0. The highest BCUT2D eigenvalue weighted by atomic mass is 35.5. The third-order valence-corrected chi connectivity index (χ3v) is 3.21. The van der Waals surface area contributed by atoms with Crippen molar-refractivity contribution in [1.29, 1.82) is 0 Å². The second kappa shape index (κ2) is 5.49. The predicted molar refractivity (Wildman–Crippen MR) is 70.6 cm³/mol. The molecule has 19 heavy (non-hydrogen) atoms. The minimum absolute atomic E-state index is 0.0122. The Morgan fingerprint density at radius 3 is 2.58 bits per heavy atom. The van der Waals surface area contributed by atoms with Gasteiger partial charge >= 0.3 is 0 Å². The molecule has 0 radical (unpaired) electrons. The van der Waals surface area contributed by atoms with E-state index in [1.165, 1.54) is 36.4 Å². The van der Waals surface area contributed by atoms with Crippen molar-refractivity contribution in [2.24, 2.45) is 0 Å². The van der Waals surface area contributed by atoms with E-state index < -0.39 is 5.82 Å². The molecule has 0 saturated carbocycles. The molecular formula is C15H11ClF2O. The van der Waals surface area contributed by atoms with Gasteiger partial charge in [-0.1, -0.05) is 11.6 Å². The van der Waals surface area contributed by atoms with Crippen LogP contribution in [0.25, 0.3) is 0 Å². The van der Waals surface area contributed by atoms with Gasteiger partial charge in [0.2, 0.25) is 0 Å². The van der Waals surface area contributed by atoms with E-state index in [9.17, 15) is 13.6 Å². The summed E-state index contributed by atoms with van der Waals surface area (Å²) in [6.07, 6.45) is -0.0122. The molecular weight excluding hydrogens is 270 g/mol. The number of aryl methyl sites for hydroxylation is 1. The van der Waals surface area contributed by atoms with Crippen LogP contribution in [-0.2, 0) is 6.42 Å². The van der Waals surface area contributed by atoms with E-state index in [1.807, 2.05) is 0 Å². The van der Waals surface area contributed by atoms with E-state index in [0.29, 0.717) is 21.7 Å². The number of halogens is 3. The summed E-state index contributed by atoms with van der Waals surface area (Å²) < 4.78 is 26.2. The van der Waals surface area contributed by atoms with Gasteiger partial charge in [-0.3, -0.25) is 4.79 Å². The highest BCUT2D eigenvalue weighted by Gasteiger charge is 2.11. The van der Waals surface area contributed by atoms with Crippen LogP contribution in [0.1, 0.15) is 21.5 Å². The molecule has 1 nitrogen and oxygen atoms in total. The summed E-state index contributed by atoms with van der Waals surface area (Å²) in [6.45, 7) is 1.58. The van der Waals surface area contributed by atoms with Gasteiger partial charge in [0.05, 0.1) is 0 Å².